The largest absolute Gasteiger partial charge is 0.236 e. The summed E-state index contributed by atoms with van der Waals surface area (Å²) in [4.78, 5) is 23.9. The van der Waals surface area contributed by atoms with Gasteiger partial charge in [-0.05, 0) is 61.5 Å². The van der Waals surface area contributed by atoms with E-state index in [-0.39, 0.29) is 10.8 Å². The van der Waals surface area contributed by atoms with Crippen LogP contribution in [0.4, 0.5) is 0 Å². The molecule has 0 radical (unpaired) electrons. The molecule has 0 aliphatic carbocycles. The predicted molar refractivity (Wildman–Crippen MR) is 133 cm³/mol. The van der Waals surface area contributed by atoms with Gasteiger partial charge in [0.2, 0.25) is 0 Å². The minimum absolute atomic E-state index is 0.0505. The molecule has 32 heavy (non-hydrogen) atoms. The van der Waals surface area contributed by atoms with Gasteiger partial charge in [0.1, 0.15) is 11.2 Å². The van der Waals surface area contributed by atoms with Crippen molar-refractivity contribution in [1.29, 1.82) is 0 Å². The average molecular weight is 451 g/mol. The third-order valence-electron chi connectivity index (χ3n) is 5.45. The van der Waals surface area contributed by atoms with Crippen molar-refractivity contribution in [3.63, 3.8) is 0 Å². The van der Waals surface area contributed by atoms with Crippen molar-refractivity contribution in [2.75, 3.05) is 13.2 Å². The molecule has 1 rings (SSSR count). The Morgan fingerprint density at radius 1 is 0.594 bits per heavy atom. The van der Waals surface area contributed by atoms with E-state index in [0.29, 0.717) is 13.2 Å². The summed E-state index contributed by atoms with van der Waals surface area (Å²) in [5.74, 6) is 0. The third-order valence-corrected chi connectivity index (χ3v) is 5.45. The van der Waals surface area contributed by atoms with Crippen LogP contribution < -0.4 is 0 Å². The van der Waals surface area contributed by atoms with Crippen LogP contribution in [0.2, 0.25) is 0 Å². The first-order valence-corrected chi connectivity index (χ1v) is 12.5. The molecule has 0 saturated carbocycles. The van der Waals surface area contributed by atoms with Gasteiger partial charge in [0.25, 0.3) is 0 Å². The fraction of sp³-hybridized carbons (Fsp3) is 0.786. The summed E-state index contributed by atoms with van der Waals surface area (Å²) >= 11 is 0. The van der Waals surface area contributed by atoms with Crippen molar-refractivity contribution < 1.29 is 19.6 Å². The summed E-state index contributed by atoms with van der Waals surface area (Å²) < 4.78 is 0. The molecule has 0 saturated heterocycles. The molecular weight excluding hydrogens is 400 g/mol. The van der Waals surface area contributed by atoms with E-state index < -0.39 is 11.2 Å². The van der Waals surface area contributed by atoms with E-state index in [1.165, 1.54) is 0 Å². The second kappa shape index (κ2) is 12.5. The lowest BCUT2D eigenvalue weighted by molar-refractivity contribution is -0.376. The highest BCUT2D eigenvalue weighted by Crippen LogP contribution is 2.46. The molecule has 0 bridgehead atoms. The predicted octanol–water partition coefficient (Wildman–Crippen LogP) is 8.49. The molecule has 186 valence electrons. The van der Waals surface area contributed by atoms with Crippen molar-refractivity contribution in [3.8, 4) is 0 Å². The lowest BCUT2D eigenvalue weighted by atomic mass is 9.72. The van der Waals surface area contributed by atoms with E-state index in [4.69, 9.17) is 19.6 Å². The molecule has 2 unspecified atom stereocenters. The summed E-state index contributed by atoms with van der Waals surface area (Å²) in [6, 6.07) is 8.45. The Morgan fingerprint density at radius 2 is 0.938 bits per heavy atom. The van der Waals surface area contributed by atoms with Crippen LogP contribution in [0.15, 0.2) is 24.3 Å². The van der Waals surface area contributed by atoms with E-state index in [1.807, 2.05) is 0 Å². The molecule has 0 heterocycles. The van der Waals surface area contributed by atoms with Crippen LogP contribution in [0.25, 0.3) is 0 Å². The number of unbranched alkanes of at least 4 members (excludes halogenated alkanes) is 2. The van der Waals surface area contributed by atoms with Gasteiger partial charge in [-0.25, -0.2) is 19.6 Å². The summed E-state index contributed by atoms with van der Waals surface area (Å²) in [6.45, 7) is 23.2. The molecular formula is C28H50O4. The minimum atomic E-state index is -0.617. The Balaban J connectivity index is 3.43. The van der Waals surface area contributed by atoms with E-state index in [2.05, 4.69) is 93.5 Å². The maximum Gasteiger partial charge on any atom is 0.126 e. The van der Waals surface area contributed by atoms with Crippen molar-refractivity contribution in [3.05, 3.63) is 35.4 Å². The third kappa shape index (κ3) is 9.91. The average Bonchev–Trinajstić information content (AvgIpc) is 2.66. The van der Waals surface area contributed by atoms with Crippen LogP contribution in [0.1, 0.15) is 119 Å². The molecule has 4 heteroatoms. The molecule has 2 atom stereocenters. The first-order chi connectivity index (χ1) is 14.8. The Labute approximate surface area is 198 Å². The summed E-state index contributed by atoms with van der Waals surface area (Å²) in [5, 5.41) is 0. The standard InChI is InChI=1S/C28H50O4/c1-11-13-19-29-31-27(9,21-25(3,4)5)23-17-15-16-18-24(23)28(10,22-26(6,7)8)32-30-20-14-12-2/h15-18H,11-14,19-22H2,1-10H3. The number of hydrogen-bond acceptors (Lipinski definition) is 4. The van der Waals surface area contributed by atoms with E-state index in [0.717, 1.165) is 49.7 Å². The molecule has 1 aromatic rings. The van der Waals surface area contributed by atoms with Gasteiger partial charge in [0.15, 0.2) is 0 Å². The first-order valence-electron chi connectivity index (χ1n) is 12.5. The smallest absolute Gasteiger partial charge is 0.126 e. The lowest BCUT2D eigenvalue weighted by Gasteiger charge is -2.41. The van der Waals surface area contributed by atoms with Crippen LogP contribution in [0.5, 0.6) is 0 Å². The Hall–Kier alpha value is -0.940. The number of benzene rings is 1. The quantitative estimate of drug-likeness (QED) is 0.162. The molecule has 0 aromatic heterocycles. The summed E-state index contributed by atoms with van der Waals surface area (Å²) in [7, 11) is 0. The molecule has 0 amide bonds. The molecule has 0 aliphatic heterocycles. The van der Waals surface area contributed by atoms with Crippen molar-refractivity contribution >= 4 is 0 Å². The van der Waals surface area contributed by atoms with Crippen molar-refractivity contribution in [2.45, 2.75) is 119 Å². The molecule has 0 aliphatic rings. The van der Waals surface area contributed by atoms with Gasteiger partial charge >= 0.3 is 0 Å². The van der Waals surface area contributed by atoms with Crippen LogP contribution in [-0.2, 0) is 30.8 Å². The summed E-state index contributed by atoms with van der Waals surface area (Å²) in [5.41, 5.74) is 1.06. The molecule has 1 aromatic carbocycles. The van der Waals surface area contributed by atoms with Gasteiger partial charge in [-0.2, -0.15) is 0 Å². The van der Waals surface area contributed by atoms with Crippen LogP contribution in [0, 0.1) is 10.8 Å². The monoisotopic (exact) mass is 450 g/mol. The maximum atomic E-state index is 6.21. The molecule has 0 spiro atoms. The first kappa shape index (κ1) is 29.1. The van der Waals surface area contributed by atoms with Gasteiger partial charge in [-0.15, -0.1) is 0 Å². The fourth-order valence-corrected chi connectivity index (χ4v) is 4.52. The zero-order valence-corrected chi connectivity index (χ0v) is 22.6. The Bertz CT molecular complexity index is 601. The molecule has 0 fully saturated rings. The topological polar surface area (TPSA) is 36.9 Å². The van der Waals surface area contributed by atoms with Crippen molar-refractivity contribution in [1.82, 2.24) is 0 Å². The number of hydrogen-bond donors (Lipinski definition) is 0. The maximum absolute atomic E-state index is 6.21. The van der Waals surface area contributed by atoms with Crippen LogP contribution >= 0.6 is 0 Å². The van der Waals surface area contributed by atoms with Gasteiger partial charge in [0, 0.05) is 0 Å². The fourth-order valence-electron chi connectivity index (χ4n) is 4.52. The Morgan fingerprint density at radius 3 is 1.22 bits per heavy atom. The number of rotatable bonds is 14. The lowest BCUT2D eigenvalue weighted by Crippen LogP contribution is -2.38. The zero-order chi connectivity index (χ0) is 24.5. The second-order valence-electron chi connectivity index (χ2n) is 12.0. The second-order valence-corrected chi connectivity index (χ2v) is 12.0. The van der Waals surface area contributed by atoms with Gasteiger partial charge in [-0.1, -0.05) is 92.5 Å². The van der Waals surface area contributed by atoms with E-state index in [9.17, 15) is 0 Å². The SMILES string of the molecule is CCCCOOC(C)(CC(C)(C)C)c1ccccc1C(C)(CC(C)(C)C)OOCCCC. The van der Waals surface area contributed by atoms with E-state index >= 15 is 0 Å². The minimum Gasteiger partial charge on any atom is -0.236 e. The highest BCUT2D eigenvalue weighted by molar-refractivity contribution is 5.37. The van der Waals surface area contributed by atoms with Gasteiger partial charge < -0.3 is 0 Å². The normalized spacial score (nSPS) is 16.6. The van der Waals surface area contributed by atoms with E-state index in [1.54, 1.807) is 0 Å². The van der Waals surface area contributed by atoms with Crippen LogP contribution in [-0.4, -0.2) is 13.2 Å². The highest BCUT2D eigenvalue weighted by atomic mass is 17.2. The highest BCUT2D eigenvalue weighted by Gasteiger charge is 2.42. The van der Waals surface area contributed by atoms with Gasteiger partial charge in [-0.3, -0.25) is 0 Å². The zero-order valence-electron chi connectivity index (χ0n) is 22.6. The summed E-state index contributed by atoms with van der Waals surface area (Å²) in [6.07, 6.45) is 5.72. The van der Waals surface area contributed by atoms with Crippen LogP contribution in [0.3, 0.4) is 0 Å². The molecule has 0 N–H and O–H groups in total. The Kier molecular flexibility index (Phi) is 11.4. The molecule has 4 nitrogen and oxygen atoms in total. The van der Waals surface area contributed by atoms with Crippen molar-refractivity contribution in [2.24, 2.45) is 10.8 Å². The van der Waals surface area contributed by atoms with Gasteiger partial charge in [0.05, 0.1) is 13.2 Å².